The van der Waals surface area contributed by atoms with Gasteiger partial charge < -0.3 is 20.5 Å². The average molecular weight is 498 g/mol. The Morgan fingerprint density at radius 1 is 1.14 bits per heavy atom. The number of nitrogens with one attached hydrogen (secondary N) is 2. The second kappa shape index (κ2) is 11.1. The lowest BCUT2D eigenvalue weighted by Crippen LogP contribution is -2.58. The Labute approximate surface area is 209 Å². The number of hydrogen-bond acceptors (Lipinski definition) is 6. The maximum absolute atomic E-state index is 13.8. The number of para-hydroxylation sites is 2. The number of methoxy groups -OCH3 is 1. The highest BCUT2D eigenvalue weighted by Gasteiger charge is 2.43. The second-order valence-corrected chi connectivity index (χ2v) is 8.90. The van der Waals surface area contributed by atoms with Crippen LogP contribution in [0.15, 0.2) is 42.6 Å². The molecule has 2 heterocycles. The van der Waals surface area contributed by atoms with E-state index in [9.17, 15) is 24.3 Å². The molecular formula is C25H31N5O6. The van der Waals surface area contributed by atoms with Crippen LogP contribution in [0.25, 0.3) is 0 Å². The summed E-state index contributed by atoms with van der Waals surface area (Å²) in [5.74, 6) is -1.10. The number of rotatable bonds is 8. The Bertz CT molecular complexity index is 1150. The zero-order valence-corrected chi connectivity index (χ0v) is 20.9. The smallest absolute Gasteiger partial charge is 0.407 e. The zero-order valence-electron chi connectivity index (χ0n) is 20.9. The summed E-state index contributed by atoms with van der Waals surface area (Å²) in [6, 6.07) is 7.51. The number of carbonyl (C=O) groups is 4. The van der Waals surface area contributed by atoms with Crippen LogP contribution in [-0.4, -0.2) is 71.1 Å². The Hall–Kier alpha value is -4.15. The third-order valence-electron chi connectivity index (χ3n) is 6.22. The molecule has 1 aromatic heterocycles. The lowest BCUT2D eigenvalue weighted by atomic mass is 10.0. The summed E-state index contributed by atoms with van der Waals surface area (Å²) in [7, 11) is 2.77. The lowest BCUT2D eigenvalue weighted by Gasteiger charge is -2.31. The van der Waals surface area contributed by atoms with Crippen LogP contribution in [-0.2, 0) is 20.8 Å². The number of fused-ring (bicyclic) bond motifs is 1. The Balaban J connectivity index is 1.90. The molecule has 0 fully saturated rings. The maximum Gasteiger partial charge on any atom is 0.407 e. The summed E-state index contributed by atoms with van der Waals surface area (Å²) in [5, 5.41) is 14.7. The molecule has 2 aromatic rings. The molecule has 0 aliphatic carbocycles. The van der Waals surface area contributed by atoms with E-state index in [1.165, 1.54) is 32.2 Å². The normalized spacial score (nSPS) is 16.1. The van der Waals surface area contributed by atoms with Gasteiger partial charge in [-0.15, -0.1) is 0 Å². The summed E-state index contributed by atoms with van der Waals surface area (Å²) in [6.45, 7) is 4.95. The van der Waals surface area contributed by atoms with E-state index in [0.717, 1.165) is 10.5 Å². The Morgan fingerprint density at radius 3 is 2.47 bits per heavy atom. The van der Waals surface area contributed by atoms with E-state index in [0.29, 0.717) is 17.3 Å². The molecule has 36 heavy (non-hydrogen) atoms. The molecule has 192 valence electrons. The van der Waals surface area contributed by atoms with Crippen molar-refractivity contribution in [2.24, 2.45) is 5.92 Å². The molecule has 3 N–H and O–H groups in total. The number of carboxylic acid groups (broad SMARTS) is 1. The monoisotopic (exact) mass is 497 g/mol. The van der Waals surface area contributed by atoms with Crippen LogP contribution in [0.4, 0.5) is 16.3 Å². The van der Waals surface area contributed by atoms with Crippen LogP contribution in [0.2, 0.25) is 0 Å². The second-order valence-electron chi connectivity index (χ2n) is 8.90. The number of nitrogens with zero attached hydrogens (tertiary/aromatic N) is 3. The van der Waals surface area contributed by atoms with Gasteiger partial charge in [0.25, 0.3) is 5.91 Å². The van der Waals surface area contributed by atoms with Crippen LogP contribution in [0, 0.1) is 5.92 Å². The number of ether oxygens (including phenoxy) is 1. The fraction of sp³-hybridized carbons (Fsp3) is 0.400. The van der Waals surface area contributed by atoms with E-state index in [1.54, 1.807) is 50.2 Å². The van der Waals surface area contributed by atoms with Gasteiger partial charge in [-0.1, -0.05) is 32.0 Å². The van der Waals surface area contributed by atoms with E-state index < -0.39 is 41.9 Å². The molecule has 4 amide bonds. The number of aromatic nitrogens is 1. The molecule has 1 aliphatic rings. The van der Waals surface area contributed by atoms with E-state index in [1.807, 2.05) is 0 Å². The van der Waals surface area contributed by atoms with Crippen molar-refractivity contribution in [2.75, 3.05) is 24.4 Å². The maximum atomic E-state index is 13.8. The first-order valence-corrected chi connectivity index (χ1v) is 11.5. The molecule has 3 atom stereocenters. The number of amides is 4. The minimum atomic E-state index is -1.27. The molecule has 11 nitrogen and oxygen atoms in total. The Kier molecular flexibility index (Phi) is 8.13. The molecule has 3 rings (SSSR count). The topological polar surface area (TPSA) is 141 Å². The van der Waals surface area contributed by atoms with Gasteiger partial charge >= 0.3 is 6.09 Å². The average Bonchev–Trinajstić information content (AvgIpc) is 3.25. The van der Waals surface area contributed by atoms with Gasteiger partial charge in [0.15, 0.2) is 0 Å². The molecule has 0 saturated heterocycles. The van der Waals surface area contributed by atoms with Gasteiger partial charge in [0, 0.05) is 19.7 Å². The van der Waals surface area contributed by atoms with Crippen LogP contribution < -0.4 is 20.3 Å². The standard InChI is InChI=1S/C25H31N5O6/c1-14(2)20(28-22(31)15(3)29(4)25(34)35)24(33)30-18(13-16-9-8-12-26-21(16)30)23(32)27-17-10-6-7-11-19(17)36-5/h6-12,14-15,18,20H,13H2,1-5H3,(H,27,32)(H,28,31)(H,34,35)/t15-,18+,20-/m0/s1. The largest absolute Gasteiger partial charge is 0.495 e. The van der Waals surface area contributed by atoms with Gasteiger partial charge in [0.2, 0.25) is 11.8 Å². The molecule has 11 heteroatoms. The molecule has 1 aromatic carbocycles. The number of hydrogen-bond donors (Lipinski definition) is 3. The fourth-order valence-electron chi connectivity index (χ4n) is 3.96. The number of anilines is 2. The third-order valence-corrected chi connectivity index (χ3v) is 6.22. The van der Waals surface area contributed by atoms with Crippen molar-refractivity contribution in [1.29, 1.82) is 0 Å². The first kappa shape index (κ1) is 26.5. The number of likely N-dealkylation sites (N-methyl/N-ethyl adjacent to an activating group) is 1. The molecule has 0 bridgehead atoms. The highest BCUT2D eigenvalue weighted by atomic mass is 16.5. The summed E-state index contributed by atoms with van der Waals surface area (Å²) in [5.41, 5.74) is 1.18. The van der Waals surface area contributed by atoms with Crippen molar-refractivity contribution in [1.82, 2.24) is 15.2 Å². The fourth-order valence-corrected chi connectivity index (χ4v) is 3.96. The summed E-state index contributed by atoms with van der Waals surface area (Å²) in [6.07, 6.45) is 0.509. The highest BCUT2D eigenvalue weighted by molar-refractivity contribution is 6.09. The molecule has 1 aliphatic heterocycles. The minimum Gasteiger partial charge on any atom is -0.495 e. The zero-order chi connectivity index (χ0) is 26.6. The van der Waals surface area contributed by atoms with Crippen molar-refractivity contribution >= 4 is 35.3 Å². The molecule has 0 radical (unpaired) electrons. The van der Waals surface area contributed by atoms with Crippen molar-refractivity contribution in [2.45, 2.75) is 45.3 Å². The molecular weight excluding hydrogens is 466 g/mol. The first-order chi connectivity index (χ1) is 17.1. The summed E-state index contributed by atoms with van der Waals surface area (Å²) in [4.78, 5) is 57.8. The van der Waals surface area contributed by atoms with Gasteiger partial charge in [-0.2, -0.15) is 0 Å². The minimum absolute atomic E-state index is 0.243. The van der Waals surface area contributed by atoms with Crippen LogP contribution in [0.1, 0.15) is 26.3 Å². The lowest BCUT2D eigenvalue weighted by molar-refractivity contribution is -0.131. The van der Waals surface area contributed by atoms with E-state index >= 15 is 0 Å². The molecule has 0 unspecified atom stereocenters. The van der Waals surface area contributed by atoms with Crippen molar-refractivity contribution in [3.8, 4) is 5.75 Å². The quantitative estimate of drug-likeness (QED) is 0.507. The highest BCUT2D eigenvalue weighted by Crippen LogP contribution is 2.33. The van der Waals surface area contributed by atoms with Crippen LogP contribution in [0.5, 0.6) is 5.75 Å². The number of benzene rings is 1. The van der Waals surface area contributed by atoms with Gasteiger partial charge in [0.05, 0.1) is 12.8 Å². The third kappa shape index (κ3) is 5.40. The van der Waals surface area contributed by atoms with Gasteiger partial charge in [-0.3, -0.25) is 24.2 Å². The Morgan fingerprint density at radius 2 is 1.83 bits per heavy atom. The van der Waals surface area contributed by atoms with Crippen molar-refractivity contribution < 1.29 is 29.0 Å². The summed E-state index contributed by atoms with van der Waals surface area (Å²) < 4.78 is 5.32. The van der Waals surface area contributed by atoms with Gasteiger partial charge in [0.1, 0.15) is 29.7 Å². The predicted octanol–water partition coefficient (Wildman–Crippen LogP) is 2.13. The summed E-state index contributed by atoms with van der Waals surface area (Å²) >= 11 is 0. The van der Waals surface area contributed by atoms with Crippen molar-refractivity contribution in [3.05, 3.63) is 48.2 Å². The predicted molar refractivity (Wildman–Crippen MR) is 133 cm³/mol. The molecule has 0 saturated carbocycles. The van der Waals surface area contributed by atoms with Gasteiger partial charge in [-0.05, 0) is 36.6 Å². The van der Waals surface area contributed by atoms with Crippen molar-refractivity contribution in [3.63, 3.8) is 0 Å². The van der Waals surface area contributed by atoms with E-state index in [-0.39, 0.29) is 12.3 Å². The number of carbonyl (C=O) groups excluding carboxylic acids is 3. The van der Waals surface area contributed by atoms with Crippen LogP contribution >= 0.6 is 0 Å². The first-order valence-electron chi connectivity index (χ1n) is 11.5. The van der Waals surface area contributed by atoms with E-state index in [2.05, 4.69) is 15.6 Å². The van der Waals surface area contributed by atoms with Gasteiger partial charge in [-0.25, -0.2) is 9.78 Å². The molecule has 0 spiro atoms. The SMILES string of the molecule is COc1ccccc1NC(=O)[C@H]1Cc2cccnc2N1C(=O)[C@@H](NC(=O)[C@H](C)N(C)C(=O)O)C(C)C. The van der Waals surface area contributed by atoms with Crippen LogP contribution in [0.3, 0.4) is 0 Å². The van der Waals surface area contributed by atoms with E-state index in [4.69, 9.17) is 4.74 Å². The number of pyridine rings is 1.